The summed E-state index contributed by atoms with van der Waals surface area (Å²) in [6, 6.07) is 4.26. The Morgan fingerprint density at radius 2 is 2.00 bits per heavy atom. The summed E-state index contributed by atoms with van der Waals surface area (Å²) in [7, 11) is -3.65. The van der Waals surface area contributed by atoms with E-state index in [1.807, 2.05) is 13.8 Å². The quantitative estimate of drug-likeness (QED) is 0.835. The van der Waals surface area contributed by atoms with Gasteiger partial charge in [0.1, 0.15) is 11.5 Å². The highest BCUT2D eigenvalue weighted by Crippen LogP contribution is 2.23. The number of aliphatic hydroxyl groups is 1. The molecular formula is C14H18ClNO3S. The van der Waals surface area contributed by atoms with Crippen LogP contribution in [0.3, 0.4) is 0 Å². The zero-order chi connectivity index (χ0) is 15.3. The molecule has 0 saturated heterocycles. The Morgan fingerprint density at radius 3 is 2.50 bits per heavy atom. The van der Waals surface area contributed by atoms with Crippen molar-refractivity contribution in [2.75, 3.05) is 6.61 Å². The molecule has 0 heterocycles. The van der Waals surface area contributed by atoms with Gasteiger partial charge in [-0.25, -0.2) is 13.1 Å². The molecule has 1 rings (SSSR count). The lowest BCUT2D eigenvalue weighted by Crippen LogP contribution is -2.36. The molecule has 0 spiro atoms. The fraction of sp³-hybridized carbons (Fsp3) is 0.429. The molecule has 6 heteroatoms. The van der Waals surface area contributed by atoms with Crippen LogP contribution < -0.4 is 4.72 Å². The third-order valence-electron chi connectivity index (χ3n) is 2.87. The van der Waals surface area contributed by atoms with Gasteiger partial charge in [-0.15, -0.1) is 0 Å². The maximum atomic E-state index is 12.2. The van der Waals surface area contributed by atoms with E-state index in [2.05, 4.69) is 16.6 Å². The second-order valence-corrected chi connectivity index (χ2v) is 6.85. The summed E-state index contributed by atoms with van der Waals surface area (Å²) in [5.74, 6) is 5.33. The molecule has 0 radical (unpaired) electrons. The molecule has 1 unspecified atom stereocenters. The Morgan fingerprint density at radius 1 is 1.35 bits per heavy atom. The summed E-state index contributed by atoms with van der Waals surface area (Å²) in [6.45, 7) is 5.41. The predicted octanol–water partition coefficient (Wildman–Crippen LogP) is 2.01. The second kappa shape index (κ2) is 7.09. The summed E-state index contributed by atoms with van der Waals surface area (Å²) < 4.78 is 27.0. The first-order valence-corrected chi connectivity index (χ1v) is 8.05. The molecule has 0 aliphatic carbocycles. The molecule has 0 bridgehead atoms. The first-order valence-electron chi connectivity index (χ1n) is 6.19. The molecular weight excluding hydrogens is 298 g/mol. The summed E-state index contributed by atoms with van der Waals surface area (Å²) in [5.41, 5.74) is 0.555. The molecule has 20 heavy (non-hydrogen) atoms. The topological polar surface area (TPSA) is 66.4 Å². The molecule has 4 nitrogen and oxygen atoms in total. The van der Waals surface area contributed by atoms with Crippen LogP contribution in [0.15, 0.2) is 23.1 Å². The summed E-state index contributed by atoms with van der Waals surface area (Å²) in [5, 5.41) is 8.73. The maximum absolute atomic E-state index is 12.2. The van der Waals surface area contributed by atoms with Crippen molar-refractivity contribution >= 4 is 21.6 Å². The summed E-state index contributed by atoms with van der Waals surface area (Å²) in [6.07, 6.45) is 0. The van der Waals surface area contributed by atoms with Gasteiger partial charge in [-0.3, -0.25) is 0 Å². The van der Waals surface area contributed by atoms with Crippen LogP contribution >= 0.6 is 11.6 Å². The van der Waals surface area contributed by atoms with Gasteiger partial charge < -0.3 is 5.11 Å². The molecule has 1 aromatic carbocycles. The van der Waals surface area contributed by atoms with Gasteiger partial charge >= 0.3 is 0 Å². The zero-order valence-corrected chi connectivity index (χ0v) is 13.2. The van der Waals surface area contributed by atoms with Gasteiger partial charge in [-0.05, 0) is 31.0 Å². The van der Waals surface area contributed by atoms with Gasteiger partial charge in [0.15, 0.2) is 0 Å². The number of nitrogens with one attached hydrogen (secondary N) is 1. The lowest BCUT2D eigenvalue weighted by molar-refractivity contribution is 0.350. The monoisotopic (exact) mass is 315 g/mol. The Balaban J connectivity index is 3.08. The van der Waals surface area contributed by atoms with E-state index in [0.717, 1.165) is 0 Å². The standard InChI is InChI=1S/C14H18ClNO3S/c1-10(2)11(3)16-20(18,19)14-7-6-12(5-4-8-17)9-13(14)15/h6-7,9-11,16-17H,8H2,1-3H3. The largest absolute Gasteiger partial charge is 0.384 e. The Labute approximate surface area is 125 Å². The summed E-state index contributed by atoms with van der Waals surface area (Å²) >= 11 is 6.01. The van der Waals surface area contributed by atoms with E-state index >= 15 is 0 Å². The van der Waals surface area contributed by atoms with E-state index in [0.29, 0.717) is 5.56 Å². The number of halogens is 1. The Bertz CT molecular complexity index is 630. The molecule has 1 atom stereocenters. The van der Waals surface area contributed by atoms with Crippen LogP contribution in [0.4, 0.5) is 0 Å². The molecule has 0 aliphatic heterocycles. The number of hydrogen-bond acceptors (Lipinski definition) is 3. The highest BCUT2D eigenvalue weighted by Gasteiger charge is 2.21. The number of rotatable bonds is 4. The van der Waals surface area contributed by atoms with Gasteiger partial charge in [0, 0.05) is 11.6 Å². The predicted molar refractivity (Wildman–Crippen MR) is 80.0 cm³/mol. The molecule has 1 aromatic rings. The molecule has 2 N–H and O–H groups in total. The zero-order valence-electron chi connectivity index (χ0n) is 11.6. The van der Waals surface area contributed by atoms with Gasteiger partial charge in [-0.1, -0.05) is 37.3 Å². The van der Waals surface area contributed by atoms with Crippen molar-refractivity contribution in [3.05, 3.63) is 28.8 Å². The van der Waals surface area contributed by atoms with Gasteiger partial charge in [0.05, 0.1) is 5.02 Å². The second-order valence-electron chi connectivity index (χ2n) is 4.76. The first-order chi connectivity index (χ1) is 9.27. The minimum absolute atomic E-state index is 0.0289. The average molecular weight is 316 g/mol. The lowest BCUT2D eigenvalue weighted by atomic mass is 10.1. The minimum atomic E-state index is -3.65. The van der Waals surface area contributed by atoms with Crippen molar-refractivity contribution in [2.45, 2.75) is 31.7 Å². The normalized spacial score (nSPS) is 12.9. The van der Waals surface area contributed by atoms with Crippen LogP contribution in [0.2, 0.25) is 5.02 Å². The van der Waals surface area contributed by atoms with Gasteiger partial charge in [0.25, 0.3) is 0 Å². The van der Waals surface area contributed by atoms with Crippen molar-refractivity contribution in [1.29, 1.82) is 0 Å². The third kappa shape index (κ3) is 4.50. The van der Waals surface area contributed by atoms with E-state index in [4.69, 9.17) is 16.7 Å². The highest BCUT2D eigenvalue weighted by atomic mass is 35.5. The van der Waals surface area contributed by atoms with Gasteiger partial charge in [0.2, 0.25) is 10.0 Å². The number of aliphatic hydroxyl groups excluding tert-OH is 1. The average Bonchev–Trinajstić information content (AvgIpc) is 2.35. The van der Waals surface area contributed by atoms with Crippen LogP contribution in [0, 0.1) is 17.8 Å². The molecule has 0 aliphatic rings. The Hall–Kier alpha value is -1.06. The smallest absolute Gasteiger partial charge is 0.242 e. The number of hydrogen-bond donors (Lipinski definition) is 2. The molecule has 0 amide bonds. The van der Waals surface area contributed by atoms with E-state index in [1.54, 1.807) is 13.0 Å². The third-order valence-corrected chi connectivity index (χ3v) is 4.92. The van der Waals surface area contributed by atoms with Crippen molar-refractivity contribution in [3.8, 4) is 11.8 Å². The van der Waals surface area contributed by atoms with Crippen molar-refractivity contribution < 1.29 is 13.5 Å². The van der Waals surface area contributed by atoms with E-state index < -0.39 is 10.0 Å². The van der Waals surface area contributed by atoms with Crippen LogP contribution in [-0.2, 0) is 10.0 Å². The van der Waals surface area contributed by atoms with Crippen molar-refractivity contribution in [2.24, 2.45) is 5.92 Å². The molecule has 0 aromatic heterocycles. The van der Waals surface area contributed by atoms with Crippen LogP contribution in [-0.4, -0.2) is 26.2 Å². The molecule has 0 saturated carbocycles. The maximum Gasteiger partial charge on any atom is 0.242 e. The molecule has 0 fully saturated rings. The van der Waals surface area contributed by atoms with Crippen LogP contribution in [0.25, 0.3) is 0 Å². The van der Waals surface area contributed by atoms with Crippen molar-refractivity contribution in [3.63, 3.8) is 0 Å². The van der Waals surface area contributed by atoms with E-state index in [9.17, 15) is 8.42 Å². The van der Waals surface area contributed by atoms with Crippen LogP contribution in [0.1, 0.15) is 26.3 Å². The first kappa shape index (κ1) is 17.0. The SMILES string of the molecule is CC(C)C(C)NS(=O)(=O)c1ccc(C#CCO)cc1Cl. The van der Waals surface area contributed by atoms with Gasteiger partial charge in [-0.2, -0.15) is 0 Å². The summed E-state index contributed by atoms with van der Waals surface area (Å²) in [4.78, 5) is 0.0289. The number of benzene rings is 1. The van der Waals surface area contributed by atoms with Crippen LogP contribution in [0.5, 0.6) is 0 Å². The Kier molecular flexibility index (Phi) is 6.03. The fourth-order valence-corrected chi connectivity index (χ4v) is 3.32. The van der Waals surface area contributed by atoms with E-state index in [1.165, 1.54) is 12.1 Å². The minimum Gasteiger partial charge on any atom is -0.384 e. The highest BCUT2D eigenvalue weighted by molar-refractivity contribution is 7.89. The van der Waals surface area contributed by atoms with E-state index in [-0.39, 0.29) is 28.5 Å². The lowest BCUT2D eigenvalue weighted by Gasteiger charge is -2.18. The molecule has 110 valence electrons. The number of sulfonamides is 1. The van der Waals surface area contributed by atoms with Crippen molar-refractivity contribution in [1.82, 2.24) is 4.72 Å². The fourth-order valence-electron chi connectivity index (χ4n) is 1.38.